The van der Waals surface area contributed by atoms with Gasteiger partial charge < -0.3 is 19.8 Å². The number of carboxylic acids is 1. The molecule has 0 saturated carbocycles. The zero-order chi connectivity index (χ0) is 13.8. The molecule has 1 aromatic rings. The van der Waals surface area contributed by atoms with Gasteiger partial charge in [0.25, 0.3) is 5.91 Å². The zero-order valence-electron chi connectivity index (χ0n) is 10.2. The Morgan fingerprint density at radius 1 is 1.47 bits per heavy atom. The minimum Gasteiger partial charge on any atom is -0.478 e. The summed E-state index contributed by atoms with van der Waals surface area (Å²) in [5.74, 6) is -1.43. The molecule has 19 heavy (non-hydrogen) atoms. The number of amides is 1. The van der Waals surface area contributed by atoms with Gasteiger partial charge in [-0.25, -0.2) is 4.79 Å². The van der Waals surface area contributed by atoms with Gasteiger partial charge in [0.2, 0.25) is 0 Å². The van der Waals surface area contributed by atoms with Crippen molar-refractivity contribution in [2.45, 2.75) is 6.04 Å². The first kappa shape index (κ1) is 13.4. The van der Waals surface area contributed by atoms with Crippen LogP contribution >= 0.6 is 0 Å². The molecule has 1 saturated heterocycles. The van der Waals surface area contributed by atoms with Crippen LogP contribution in [0.25, 0.3) is 0 Å². The van der Waals surface area contributed by atoms with Gasteiger partial charge in [0.15, 0.2) is 0 Å². The van der Waals surface area contributed by atoms with Crippen molar-refractivity contribution >= 4 is 11.9 Å². The highest BCUT2D eigenvalue weighted by molar-refractivity contribution is 5.94. The molecule has 2 rings (SSSR count). The number of hydrogen-bond acceptors (Lipinski definition) is 5. The smallest absolute Gasteiger partial charge is 0.337 e. The molecule has 0 spiro atoms. The van der Waals surface area contributed by atoms with E-state index in [-0.39, 0.29) is 36.4 Å². The molecule has 2 heterocycles. The number of nitrogens with zero attached hydrogens (tertiary/aromatic N) is 2. The van der Waals surface area contributed by atoms with E-state index < -0.39 is 5.97 Å². The molecule has 1 aromatic heterocycles. The Hall–Kier alpha value is -1.99. The number of aromatic nitrogens is 1. The van der Waals surface area contributed by atoms with Gasteiger partial charge in [-0.3, -0.25) is 9.78 Å². The average Bonchev–Trinajstić information content (AvgIpc) is 2.46. The second kappa shape index (κ2) is 5.77. The van der Waals surface area contributed by atoms with Crippen molar-refractivity contribution in [2.75, 3.05) is 26.4 Å². The number of carbonyl (C=O) groups is 2. The van der Waals surface area contributed by atoms with Crippen molar-refractivity contribution in [3.8, 4) is 0 Å². The molecule has 7 heteroatoms. The van der Waals surface area contributed by atoms with Gasteiger partial charge >= 0.3 is 5.97 Å². The molecule has 0 aliphatic carbocycles. The summed E-state index contributed by atoms with van der Waals surface area (Å²) < 4.78 is 5.19. The van der Waals surface area contributed by atoms with Gasteiger partial charge in [0.05, 0.1) is 31.4 Å². The van der Waals surface area contributed by atoms with E-state index in [2.05, 4.69) is 4.98 Å². The molecule has 0 aromatic carbocycles. The Morgan fingerprint density at radius 3 is 2.84 bits per heavy atom. The maximum atomic E-state index is 12.2. The molecule has 2 N–H and O–H groups in total. The molecule has 1 aliphatic rings. The van der Waals surface area contributed by atoms with E-state index >= 15 is 0 Å². The van der Waals surface area contributed by atoms with Crippen molar-refractivity contribution in [2.24, 2.45) is 0 Å². The van der Waals surface area contributed by atoms with Gasteiger partial charge in [0, 0.05) is 12.7 Å². The lowest BCUT2D eigenvalue weighted by Crippen LogP contribution is -2.50. The molecule has 1 atom stereocenters. The second-order valence-electron chi connectivity index (χ2n) is 4.15. The maximum Gasteiger partial charge on any atom is 0.337 e. The average molecular weight is 266 g/mol. The molecule has 0 bridgehead atoms. The van der Waals surface area contributed by atoms with Crippen LogP contribution < -0.4 is 0 Å². The number of rotatable bonds is 3. The Morgan fingerprint density at radius 2 is 2.26 bits per heavy atom. The van der Waals surface area contributed by atoms with Crippen LogP contribution in [0, 0.1) is 0 Å². The Balaban J connectivity index is 2.16. The first-order valence-corrected chi connectivity index (χ1v) is 5.82. The van der Waals surface area contributed by atoms with E-state index in [1.165, 1.54) is 17.0 Å². The highest BCUT2D eigenvalue weighted by Crippen LogP contribution is 2.11. The summed E-state index contributed by atoms with van der Waals surface area (Å²) in [7, 11) is 0. The van der Waals surface area contributed by atoms with E-state index in [0.717, 1.165) is 6.20 Å². The van der Waals surface area contributed by atoms with E-state index in [1.54, 1.807) is 0 Å². The van der Waals surface area contributed by atoms with Gasteiger partial charge in [-0.05, 0) is 12.1 Å². The summed E-state index contributed by atoms with van der Waals surface area (Å²) in [6, 6.07) is 2.31. The van der Waals surface area contributed by atoms with Crippen LogP contribution in [-0.4, -0.2) is 64.4 Å². The molecule has 1 amide bonds. The number of morpholine rings is 1. The highest BCUT2D eigenvalue weighted by Gasteiger charge is 2.28. The van der Waals surface area contributed by atoms with Crippen molar-refractivity contribution in [3.05, 3.63) is 29.6 Å². The summed E-state index contributed by atoms with van der Waals surface area (Å²) in [4.78, 5) is 28.2. The fourth-order valence-electron chi connectivity index (χ4n) is 1.87. The molecule has 0 radical (unpaired) electrons. The Labute approximate surface area is 109 Å². The SMILES string of the molecule is O=C(O)c1ccc(C(=O)N2CCOCC2CO)nc1. The second-order valence-corrected chi connectivity index (χ2v) is 4.15. The molecular formula is C12H14N2O5. The zero-order valence-corrected chi connectivity index (χ0v) is 10.2. The number of aliphatic hydroxyl groups excluding tert-OH is 1. The van der Waals surface area contributed by atoms with Gasteiger partial charge in [-0.15, -0.1) is 0 Å². The van der Waals surface area contributed by atoms with Gasteiger partial charge in [0.1, 0.15) is 5.69 Å². The summed E-state index contributed by atoms with van der Waals surface area (Å²) in [6.45, 7) is 0.899. The summed E-state index contributed by atoms with van der Waals surface area (Å²) in [6.07, 6.45) is 1.14. The predicted octanol–water partition coefficient (Wildman–Crippen LogP) is -0.387. The molecule has 7 nitrogen and oxygen atoms in total. The third kappa shape index (κ3) is 2.88. The normalized spacial score (nSPS) is 19.2. The lowest BCUT2D eigenvalue weighted by Gasteiger charge is -2.34. The minimum absolute atomic E-state index is 0.0252. The van der Waals surface area contributed by atoms with Crippen LogP contribution in [0.2, 0.25) is 0 Å². The number of hydrogen-bond donors (Lipinski definition) is 2. The predicted molar refractivity (Wildman–Crippen MR) is 63.9 cm³/mol. The molecule has 102 valence electrons. The number of aliphatic hydroxyl groups is 1. The Kier molecular flexibility index (Phi) is 4.08. The molecule has 1 unspecified atom stereocenters. The van der Waals surface area contributed by atoms with Crippen LogP contribution in [-0.2, 0) is 4.74 Å². The van der Waals surface area contributed by atoms with E-state index in [9.17, 15) is 14.7 Å². The fraction of sp³-hybridized carbons (Fsp3) is 0.417. The van der Waals surface area contributed by atoms with E-state index in [1.807, 2.05) is 0 Å². The quantitative estimate of drug-likeness (QED) is 0.773. The fourth-order valence-corrected chi connectivity index (χ4v) is 1.87. The molecular weight excluding hydrogens is 252 g/mol. The van der Waals surface area contributed by atoms with Crippen LogP contribution in [0.3, 0.4) is 0 Å². The summed E-state index contributed by atoms with van der Waals surface area (Å²) >= 11 is 0. The van der Waals surface area contributed by atoms with Gasteiger partial charge in [-0.2, -0.15) is 0 Å². The van der Waals surface area contributed by atoms with Crippen molar-refractivity contribution in [3.63, 3.8) is 0 Å². The lowest BCUT2D eigenvalue weighted by molar-refractivity contribution is -0.0186. The van der Waals surface area contributed by atoms with Crippen LogP contribution in [0.4, 0.5) is 0 Å². The van der Waals surface area contributed by atoms with Crippen LogP contribution in [0.5, 0.6) is 0 Å². The largest absolute Gasteiger partial charge is 0.478 e. The maximum absolute atomic E-state index is 12.2. The first-order chi connectivity index (χ1) is 9.13. The van der Waals surface area contributed by atoms with Crippen LogP contribution in [0.1, 0.15) is 20.8 Å². The standard InChI is InChI=1S/C12H14N2O5/c15-6-9-7-19-4-3-14(9)11(16)10-2-1-8(5-13-10)12(17)18/h1-2,5,9,15H,3-4,6-7H2,(H,17,18). The lowest BCUT2D eigenvalue weighted by atomic mass is 10.2. The summed E-state index contributed by atoms with van der Waals surface area (Å²) in [5.41, 5.74) is 0.183. The van der Waals surface area contributed by atoms with Crippen molar-refractivity contribution in [1.29, 1.82) is 0 Å². The van der Waals surface area contributed by atoms with Crippen molar-refractivity contribution < 1.29 is 24.5 Å². The summed E-state index contributed by atoms with van der Waals surface area (Å²) in [5, 5.41) is 18.0. The molecule has 1 fully saturated rings. The third-order valence-electron chi connectivity index (χ3n) is 2.93. The first-order valence-electron chi connectivity index (χ1n) is 5.82. The third-order valence-corrected chi connectivity index (χ3v) is 2.93. The number of carboxylic acid groups (broad SMARTS) is 1. The van der Waals surface area contributed by atoms with Gasteiger partial charge in [-0.1, -0.05) is 0 Å². The highest BCUT2D eigenvalue weighted by atomic mass is 16.5. The monoisotopic (exact) mass is 266 g/mol. The Bertz CT molecular complexity index is 474. The molecule has 1 aliphatic heterocycles. The minimum atomic E-state index is -1.09. The van der Waals surface area contributed by atoms with Crippen molar-refractivity contribution in [1.82, 2.24) is 9.88 Å². The number of ether oxygens (including phenoxy) is 1. The topological polar surface area (TPSA) is 100.0 Å². The van der Waals surface area contributed by atoms with E-state index in [0.29, 0.717) is 13.2 Å². The van der Waals surface area contributed by atoms with Crippen LogP contribution in [0.15, 0.2) is 18.3 Å². The number of aromatic carboxylic acids is 1. The van der Waals surface area contributed by atoms with E-state index in [4.69, 9.17) is 9.84 Å². The number of pyridine rings is 1. The number of carbonyl (C=O) groups excluding carboxylic acids is 1.